The fourth-order valence-corrected chi connectivity index (χ4v) is 2.73. The first-order valence-corrected chi connectivity index (χ1v) is 8.86. The van der Waals surface area contributed by atoms with Crippen molar-refractivity contribution in [2.24, 2.45) is 0 Å². The van der Waals surface area contributed by atoms with E-state index in [0.29, 0.717) is 19.7 Å². The summed E-state index contributed by atoms with van der Waals surface area (Å²) in [7, 11) is 1.68. The van der Waals surface area contributed by atoms with E-state index in [1.54, 1.807) is 7.11 Å². The Balaban J connectivity index is 1.99. The van der Waals surface area contributed by atoms with E-state index >= 15 is 0 Å². The quantitative estimate of drug-likeness (QED) is 0.598. The molecule has 0 bridgehead atoms. The normalized spacial score (nSPS) is 10.6. The summed E-state index contributed by atoms with van der Waals surface area (Å²) in [5, 5.41) is 4.22. The molecule has 2 aromatic carbocycles. The molecule has 2 aromatic rings. The van der Waals surface area contributed by atoms with Gasteiger partial charge < -0.3 is 14.8 Å². The van der Waals surface area contributed by atoms with Gasteiger partial charge in [0.25, 0.3) is 0 Å². The highest BCUT2D eigenvalue weighted by Gasteiger charge is 2.10. The Kier molecular flexibility index (Phi) is 7.93. The summed E-state index contributed by atoms with van der Waals surface area (Å²) in [5.74, 6) is 1.62. The lowest BCUT2D eigenvalue weighted by Gasteiger charge is -2.16. The molecular formula is C20H26ClNO2. The van der Waals surface area contributed by atoms with Gasteiger partial charge in [-0.05, 0) is 24.1 Å². The van der Waals surface area contributed by atoms with Gasteiger partial charge in [0.2, 0.25) is 0 Å². The number of methoxy groups -OCH3 is 1. The van der Waals surface area contributed by atoms with Gasteiger partial charge in [-0.25, -0.2) is 0 Å². The number of nitrogens with one attached hydrogen (secondary N) is 1. The first-order valence-electron chi connectivity index (χ1n) is 8.49. The fourth-order valence-electron chi connectivity index (χ4n) is 2.52. The summed E-state index contributed by atoms with van der Waals surface area (Å²) < 4.78 is 11.4. The number of ether oxygens (including phenoxy) is 2. The molecule has 24 heavy (non-hydrogen) atoms. The molecule has 0 atom stereocenters. The predicted molar refractivity (Wildman–Crippen MR) is 100 cm³/mol. The molecule has 0 spiro atoms. The molecule has 0 aromatic heterocycles. The standard InChI is InChI=1S/C20H26ClNO2/c1-3-4-7-13-24-20-17(10-8-12-19(20)23-2)15-22-14-16-9-5-6-11-18(16)21/h5-6,8-12,22H,3-4,7,13-15H2,1-2H3. The molecule has 0 aliphatic heterocycles. The molecule has 3 nitrogen and oxygen atoms in total. The molecule has 0 unspecified atom stereocenters. The van der Waals surface area contributed by atoms with Gasteiger partial charge in [-0.2, -0.15) is 0 Å². The summed E-state index contributed by atoms with van der Waals surface area (Å²) in [6.07, 6.45) is 3.41. The van der Waals surface area contributed by atoms with Crippen molar-refractivity contribution >= 4 is 11.6 Å². The Hall–Kier alpha value is -1.71. The van der Waals surface area contributed by atoms with Gasteiger partial charge >= 0.3 is 0 Å². The average Bonchev–Trinajstić information content (AvgIpc) is 2.61. The summed E-state index contributed by atoms with van der Waals surface area (Å²) in [6, 6.07) is 13.9. The lowest BCUT2D eigenvalue weighted by molar-refractivity contribution is 0.282. The van der Waals surface area contributed by atoms with Crippen molar-refractivity contribution in [1.82, 2.24) is 5.32 Å². The van der Waals surface area contributed by atoms with Crippen LogP contribution in [0.2, 0.25) is 5.02 Å². The van der Waals surface area contributed by atoms with Gasteiger partial charge in [0, 0.05) is 23.7 Å². The second-order valence-electron chi connectivity index (χ2n) is 5.70. The number of hydrogen-bond acceptors (Lipinski definition) is 3. The van der Waals surface area contributed by atoms with E-state index in [-0.39, 0.29) is 0 Å². The van der Waals surface area contributed by atoms with Crippen LogP contribution in [0.4, 0.5) is 0 Å². The zero-order chi connectivity index (χ0) is 17.2. The van der Waals surface area contributed by atoms with Crippen LogP contribution in [0.15, 0.2) is 42.5 Å². The second-order valence-corrected chi connectivity index (χ2v) is 6.11. The van der Waals surface area contributed by atoms with Gasteiger partial charge in [0.15, 0.2) is 11.5 Å². The van der Waals surface area contributed by atoms with E-state index in [1.807, 2.05) is 36.4 Å². The molecule has 2 rings (SSSR count). The minimum Gasteiger partial charge on any atom is -0.493 e. The van der Waals surface area contributed by atoms with Crippen molar-refractivity contribution in [2.75, 3.05) is 13.7 Å². The fraction of sp³-hybridized carbons (Fsp3) is 0.400. The van der Waals surface area contributed by atoms with Crippen molar-refractivity contribution in [3.8, 4) is 11.5 Å². The lowest BCUT2D eigenvalue weighted by atomic mass is 10.1. The summed E-state index contributed by atoms with van der Waals surface area (Å²) in [4.78, 5) is 0. The molecule has 4 heteroatoms. The molecule has 0 saturated carbocycles. The zero-order valence-corrected chi connectivity index (χ0v) is 15.2. The van der Waals surface area contributed by atoms with E-state index in [2.05, 4.69) is 18.3 Å². The highest BCUT2D eigenvalue weighted by molar-refractivity contribution is 6.31. The maximum Gasteiger partial charge on any atom is 0.165 e. The maximum absolute atomic E-state index is 6.20. The number of hydrogen-bond donors (Lipinski definition) is 1. The second kappa shape index (κ2) is 10.2. The minimum atomic E-state index is 0.700. The Labute approximate surface area is 149 Å². The zero-order valence-electron chi connectivity index (χ0n) is 14.5. The Bertz CT molecular complexity index is 631. The molecule has 0 heterocycles. The molecule has 0 radical (unpaired) electrons. The molecule has 0 saturated heterocycles. The molecular weight excluding hydrogens is 322 g/mol. The van der Waals surface area contributed by atoms with Crippen LogP contribution in [0.25, 0.3) is 0 Å². The predicted octanol–water partition coefficient (Wildman–Crippen LogP) is 5.21. The third-order valence-electron chi connectivity index (χ3n) is 3.86. The SMILES string of the molecule is CCCCCOc1c(CNCc2ccccc2Cl)cccc1OC. The summed E-state index contributed by atoms with van der Waals surface area (Å²) in [6.45, 7) is 4.32. The molecule has 0 amide bonds. The van der Waals surface area contributed by atoms with Gasteiger partial charge in [-0.15, -0.1) is 0 Å². The third-order valence-corrected chi connectivity index (χ3v) is 4.23. The molecule has 130 valence electrons. The number of halogens is 1. The van der Waals surface area contributed by atoms with Crippen LogP contribution in [0.1, 0.15) is 37.3 Å². The van der Waals surface area contributed by atoms with E-state index in [9.17, 15) is 0 Å². The molecule has 0 aliphatic rings. The first-order chi connectivity index (χ1) is 11.8. The van der Waals surface area contributed by atoms with E-state index in [4.69, 9.17) is 21.1 Å². The Morgan fingerprint density at radius 2 is 1.71 bits per heavy atom. The van der Waals surface area contributed by atoms with Gasteiger partial charge in [0.05, 0.1) is 13.7 Å². The molecule has 1 N–H and O–H groups in total. The highest BCUT2D eigenvalue weighted by Crippen LogP contribution is 2.31. The Morgan fingerprint density at radius 1 is 0.958 bits per heavy atom. The highest BCUT2D eigenvalue weighted by atomic mass is 35.5. The smallest absolute Gasteiger partial charge is 0.165 e. The van der Waals surface area contributed by atoms with Crippen molar-refractivity contribution in [2.45, 2.75) is 39.3 Å². The first kappa shape index (κ1) is 18.6. The van der Waals surface area contributed by atoms with Crippen LogP contribution in [0.5, 0.6) is 11.5 Å². The van der Waals surface area contributed by atoms with Crippen LogP contribution in [-0.4, -0.2) is 13.7 Å². The molecule has 0 aliphatic carbocycles. The van der Waals surface area contributed by atoms with E-state index < -0.39 is 0 Å². The maximum atomic E-state index is 6.20. The topological polar surface area (TPSA) is 30.5 Å². The number of benzene rings is 2. The van der Waals surface area contributed by atoms with Gasteiger partial charge in [0.1, 0.15) is 0 Å². The summed E-state index contributed by atoms with van der Waals surface area (Å²) >= 11 is 6.20. The van der Waals surface area contributed by atoms with E-state index in [0.717, 1.165) is 34.1 Å². The average molecular weight is 348 g/mol. The van der Waals surface area contributed by atoms with Crippen molar-refractivity contribution in [3.63, 3.8) is 0 Å². The van der Waals surface area contributed by atoms with Crippen LogP contribution < -0.4 is 14.8 Å². The van der Waals surface area contributed by atoms with Crippen LogP contribution >= 0.6 is 11.6 Å². The van der Waals surface area contributed by atoms with Gasteiger partial charge in [-0.3, -0.25) is 0 Å². The monoisotopic (exact) mass is 347 g/mol. The third kappa shape index (κ3) is 5.43. The van der Waals surface area contributed by atoms with Crippen LogP contribution in [-0.2, 0) is 13.1 Å². The lowest BCUT2D eigenvalue weighted by Crippen LogP contribution is -2.14. The van der Waals surface area contributed by atoms with Gasteiger partial charge in [-0.1, -0.05) is 61.7 Å². The summed E-state index contributed by atoms with van der Waals surface area (Å²) in [5.41, 5.74) is 2.19. The van der Waals surface area contributed by atoms with E-state index in [1.165, 1.54) is 12.8 Å². The van der Waals surface area contributed by atoms with Crippen molar-refractivity contribution in [3.05, 3.63) is 58.6 Å². The largest absolute Gasteiger partial charge is 0.493 e. The van der Waals surface area contributed by atoms with Crippen molar-refractivity contribution < 1.29 is 9.47 Å². The van der Waals surface area contributed by atoms with Crippen molar-refractivity contribution in [1.29, 1.82) is 0 Å². The number of unbranched alkanes of at least 4 members (excludes halogenated alkanes) is 2. The number of rotatable bonds is 10. The Morgan fingerprint density at radius 3 is 2.46 bits per heavy atom. The molecule has 0 fully saturated rings. The minimum absolute atomic E-state index is 0.700. The number of para-hydroxylation sites is 1. The van der Waals surface area contributed by atoms with Crippen LogP contribution in [0.3, 0.4) is 0 Å². The van der Waals surface area contributed by atoms with Crippen LogP contribution in [0, 0.1) is 0 Å².